The Kier molecular flexibility index (Phi) is 8.08. The molecule has 0 bridgehead atoms. The fraction of sp³-hybridized carbons (Fsp3) is 1.00. The molecule has 1 heterocycles. The first-order chi connectivity index (χ1) is 9.44. The molecule has 1 fully saturated rings. The first-order valence-electron chi connectivity index (χ1n) is 8.51. The summed E-state index contributed by atoms with van der Waals surface area (Å²) in [6, 6.07) is 0.628. The maximum absolute atomic E-state index is 9.05. The largest absolute Gasteiger partial charge is 0.396 e. The van der Waals surface area contributed by atoms with Gasteiger partial charge < -0.3 is 15.3 Å². The van der Waals surface area contributed by atoms with Gasteiger partial charge in [0.05, 0.1) is 0 Å². The standard InChI is InChI=1S/C17H36N2O/c1-5-6-9-19-12-15(8-7-10-20)11-16(13-19)18-14-17(2,3)4/h15-16,18,20H,5-14H2,1-4H3. The van der Waals surface area contributed by atoms with E-state index in [0.717, 1.165) is 18.9 Å². The van der Waals surface area contributed by atoms with Crippen molar-refractivity contribution in [2.75, 3.05) is 32.8 Å². The Bertz CT molecular complexity index is 234. The molecule has 1 saturated heterocycles. The average Bonchev–Trinajstić information content (AvgIpc) is 2.40. The summed E-state index contributed by atoms with van der Waals surface area (Å²) in [5.41, 5.74) is 0.353. The molecule has 0 aromatic rings. The highest BCUT2D eigenvalue weighted by Crippen LogP contribution is 2.22. The lowest BCUT2D eigenvalue weighted by atomic mass is 9.89. The summed E-state index contributed by atoms with van der Waals surface area (Å²) in [6.07, 6.45) is 5.99. The van der Waals surface area contributed by atoms with Crippen molar-refractivity contribution in [3.05, 3.63) is 0 Å². The molecule has 1 rings (SSSR count). The molecule has 1 aliphatic heterocycles. The topological polar surface area (TPSA) is 35.5 Å². The van der Waals surface area contributed by atoms with E-state index in [1.165, 1.54) is 45.3 Å². The summed E-state index contributed by atoms with van der Waals surface area (Å²) >= 11 is 0. The molecule has 20 heavy (non-hydrogen) atoms. The van der Waals surface area contributed by atoms with Gasteiger partial charge in [-0.1, -0.05) is 34.1 Å². The van der Waals surface area contributed by atoms with Crippen molar-refractivity contribution in [1.82, 2.24) is 10.2 Å². The number of hydrogen-bond acceptors (Lipinski definition) is 3. The Morgan fingerprint density at radius 2 is 1.95 bits per heavy atom. The van der Waals surface area contributed by atoms with Crippen molar-refractivity contribution in [3.63, 3.8) is 0 Å². The van der Waals surface area contributed by atoms with Crippen molar-refractivity contribution in [3.8, 4) is 0 Å². The summed E-state index contributed by atoms with van der Waals surface area (Å²) in [6.45, 7) is 14.2. The number of likely N-dealkylation sites (tertiary alicyclic amines) is 1. The summed E-state index contributed by atoms with van der Waals surface area (Å²) in [7, 11) is 0. The smallest absolute Gasteiger partial charge is 0.0431 e. The molecule has 1 aliphatic rings. The van der Waals surface area contributed by atoms with Crippen LogP contribution in [0.1, 0.15) is 59.8 Å². The molecule has 0 saturated carbocycles. The zero-order valence-electron chi connectivity index (χ0n) is 14.1. The van der Waals surface area contributed by atoms with Crippen LogP contribution in [0.5, 0.6) is 0 Å². The van der Waals surface area contributed by atoms with Gasteiger partial charge in [0.1, 0.15) is 0 Å². The first-order valence-corrected chi connectivity index (χ1v) is 8.51. The number of aliphatic hydroxyl groups excluding tert-OH is 1. The van der Waals surface area contributed by atoms with Crippen LogP contribution in [-0.4, -0.2) is 48.8 Å². The van der Waals surface area contributed by atoms with Gasteiger partial charge in [-0.05, 0) is 43.6 Å². The minimum Gasteiger partial charge on any atom is -0.396 e. The van der Waals surface area contributed by atoms with Gasteiger partial charge in [-0.3, -0.25) is 0 Å². The molecule has 120 valence electrons. The Morgan fingerprint density at radius 3 is 2.55 bits per heavy atom. The zero-order valence-corrected chi connectivity index (χ0v) is 14.1. The van der Waals surface area contributed by atoms with Crippen LogP contribution in [-0.2, 0) is 0 Å². The van der Waals surface area contributed by atoms with Gasteiger partial charge in [0.15, 0.2) is 0 Å². The predicted molar refractivity (Wildman–Crippen MR) is 87.0 cm³/mol. The van der Waals surface area contributed by atoms with Gasteiger partial charge in [0.2, 0.25) is 0 Å². The maximum atomic E-state index is 9.05. The zero-order chi connectivity index (χ0) is 15.0. The highest BCUT2D eigenvalue weighted by Gasteiger charge is 2.27. The molecule has 0 spiro atoms. The van der Waals surface area contributed by atoms with Gasteiger partial charge in [-0.25, -0.2) is 0 Å². The number of piperidine rings is 1. The molecular formula is C17H36N2O. The normalized spacial score (nSPS) is 25.1. The fourth-order valence-electron chi connectivity index (χ4n) is 3.05. The monoisotopic (exact) mass is 284 g/mol. The van der Waals surface area contributed by atoms with Crippen molar-refractivity contribution in [2.24, 2.45) is 11.3 Å². The van der Waals surface area contributed by atoms with Crippen molar-refractivity contribution >= 4 is 0 Å². The van der Waals surface area contributed by atoms with E-state index >= 15 is 0 Å². The third kappa shape index (κ3) is 7.61. The van der Waals surface area contributed by atoms with Crippen molar-refractivity contribution in [1.29, 1.82) is 0 Å². The Labute approximate surface area is 126 Å². The number of rotatable bonds is 8. The molecule has 0 aliphatic carbocycles. The molecule has 0 aromatic heterocycles. The molecule has 0 radical (unpaired) electrons. The Balaban J connectivity index is 2.45. The third-order valence-electron chi connectivity index (χ3n) is 4.13. The van der Waals surface area contributed by atoms with Crippen LogP contribution in [0.3, 0.4) is 0 Å². The third-order valence-corrected chi connectivity index (χ3v) is 4.13. The number of aliphatic hydroxyl groups is 1. The van der Waals surface area contributed by atoms with Crippen LogP contribution in [0, 0.1) is 11.3 Å². The van der Waals surface area contributed by atoms with E-state index in [2.05, 4.69) is 37.9 Å². The lowest BCUT2D eigenvalue weighted by Gasteiger charge is -2.39. The summed E-state index contributed by atoms with van der Waals surface area (Å²) in [4.78, 5) is 2.63. The Hall–Kier alpha value is -0.120. The van der Waals surface area contributed by atoms with Gasteiger partial charge in [0.25, 0.3) is 0 Å². The minimum atomic E-state index is 0.339. The van der Waals surface area contributed by atoms with E-state index in [4.69, 9.17) is 5.11 Å². The van der Waals surface area contributed by atoms with E-state index in [1.54, 1.807) is 0 Å². The van der Waals surface area contributed by atoms with Crippen LogP contribution >= 0.6 is 0 Å². The van der Waals surface area contributed by atoms with Crippen molar-refractivity contribution in [2.45, 2.75) is 65.8 Å². The van der Waals surface area contributed by atoms with Crippen LogP contribution in [0.15, 0.2) is 0 Å². The van der Waals surface area contributed by atoms with Gasteiger partial charge >= 0.3 is 0 Å². The van der Waals surface area contributed by atoms with E-state index in [0.29, 0.717) is 18.1 Å². The highest BCUT2D eigenvalue weighted by atomic mass is 16.2. The van der Waals surface area contributed by atoms with E-state index < -0.39 is 0 Å². The average molecular weight is 284 g/mol. The lowest BCUT2D eigenvalue weighted by Crippen LogP contribution is -2.50. The highest BCUT2D eigenvalue weighted by molar-refractivity contribution is 4.84. The molecule has 2 atom stereocenters. The second-order valence-electron chi connectivity index (χ2n) is 7.72. The molecular weight excluding hydrogens is 248 g/mol. The van der Waals surface area contributed by atoms with Crippen molar-refractivity contribution < 1.29 is 5.11 Å². The molecule has 0 amide bonds. The first kappa shape index (κ1) is 17.9. The van der Waals surface area contributed by atoms with E-state index in [1.807, 2.05) is 0 Å². The molecule has 2 N–H and O–H groups in total. The van der Waals surface area contributed by atoms with E-state index in [9.17, 15) is 0 Å². The molecule has 3 nitrogen and oxygen atoms in total. The number of hydrogen-bond donors (Lipinski definition) is 2. The summed E-state index contributed by atoms with van der Waals surface area (Å²) in [5.74, 6) is 0.755. The Morgan fingerprint density at radius 1 is 1.20 bits per heavy atom. The SMILES string of the molecule is CCCCN1CC(CCCO)CC(NCC(C)(C)C)C1. The van der Waals surface area contributed by atoms with Gasteiger partial charge in [-0.15, -0.1) is 0 Å². The lowest BCUT2D eigenvalue weighted by molar-refractivity contribution is 0.123. The number of nitrogens with one attached hydrogen (secondary N) is 1. The van der Waals surface area contributed by atoms with Gasteiger partial charge in [0, 0.05) is 32.3 Å². The van der Waals surface area contributed by atoms with Crippen LogP contribution in [0.25, 0.3) is 0 Å². The number of nitrogens with zero attached hydrogens (tertiary/aromatic N) is 1. The predicted octanol–water partition coefficient (Wildman–Crippen LogP) is 2.89. The molecule has 3 heteroatoms. The summed E-state index contributed by atoms with van der Waals surface area (Å²) < 4.78 is 0. The number of unbranched alkanes of at least 4 members (excludes halogenated alkanes) is 1. The second kappa shape index (κ2) is 9.01. The van der Waals surface area contributed by atoms with Gasteiger partial charge in [-0.2, -0.15) is 0 Å². The summed E-state index contributed by atoms with van der Waals surface area (Å²) in [5, 5.41) is 12.8. The molecule has 2 unspecified atom stereocenters. The minimum absolute atomic E-state index is 0.339. The van der Waals surface area contributed by atoms with Crippen LogP contribution in [0.2, 0.25) is 0 Å². The molecule has 0 aromatic carbocycles. The quantitative estimate of drug-likeness (QED) is 0.719. The van der Waals surface area contributed by atoms with E-state index in [-0.39, 0.29) is 0 Å². The maximum Gasteiger partial charge on any atom is 0.0431 e. The van der Waals surface area contributed by atoms with Crippen LogP contribution < -0.4 is 5.32 Å². The van der Waals surface area contributed by atoms with Crippen LogP contribution in [0.4, 0.5) is 0 Å². The fourth-order valence-corrected chi connectivity index (χ4v) is 3.05. The second-order valence-corrected chi connectivity index (χ2v) is 7.72.